The van der Waals surface area contributed by atoms with Crippen LogP contribution in [0, 0.1) is 6.92 Å². The van der Waals surface area contributed by atoms with Crippen molar-refractivity contribution in [2.24, 2.45) is 5.16 Å². The van der Waals surface area contributed by atoms with Gasteiger partial charge in [0, 0.05) is 23.2 Å². The molecule has 3 amide bonds. The van der Waals surface area contributed by atoms with Gasteiger partial charge in [-0.25, -0.2) is 9.78 Å². The molecule has 2 aromatic rings. The molecule has 2 aliphatic heterocycles. The molecule has 0 aliphatic carbocycles. The number of carboxylic acids is 1. The summed E-state index contributed by atoms with van der Waals surface area (Å²) in [6.45, 7) is 3.61. The van der Waals surface area contributed by atoms with Gasteiger partial charge in [-0.3, -0.25) is 19.3 Å². The molecule has 14 heteroatoms. The minimum atomic E-state index is -1.23. The van der Waals surface area contributed by atoms with Gasteiger partial charge in [-0.15, -0.1) is 23.1 Å². The Kier molecular flexibility index (Phi) is 8.02. The van der Waals surface area contributed by atoms with Crippen LogP contribution in [0.2, 0.25) is 0 Å². The van der Waals surface area contributed by atoms with Crippen molar-refractivity contribution in [1.29, 1.82) is 0 Å². The van der Waals surface area contributed by atoms with Gasteiger partial charge in [0.2, 0.25) is 5.91 Å². The summed E-state index contributed by atoms with van der Waals surface area (Å²) >= 11 is 2.48. The topological polar surface area (TPSA) is 176 Å². The third-order valence-corrected chi connectivity index (χ3v) is 8.16. The average Bonchev–Trinajstić information content (AvgIpc) is 3.32. The largest absolute Gasteiger partial charge is 0.477 e. The number of aliphatic carboxylic acids is 1. The number of hydrogen-bond donors (Lipinski definition) is 4. The number of hydrogen-bond acceptors (Lipinski definition) is 10. The maximum absolute atomic E-state index is 13.1. The lowest BCUT2D eigenvalue weighted by Crippen LogP contribution is -2.71. The van der Waals surface area contributed by atoms with Gasteiger partial charge in [0.15, 0.2) is 10.8 Å². The lowest BCUT2D eigenvalue weighted by atomic mass is 9.96. The third kappa shape index (κ3) is 5.22. The van der Waals surface area contributed by atoms with Gasteiger partial charge in [0.05, 0.1) is 0 Å². The zero-order valence-corrected chi connectivity index (χ0v) is 22.4. The van der Waals surface area contributed by atoms with Crippen molar-refractivity contribution in [3.8, 4) is 0 Å². The molecule has 3 heterocycles. The van der Waals surface area contributed by atoms with Gasteiger partial charge < -0.3 is 26.3 Å². The molecule has 2 aliphatic rings. The maximum atomic E-state index is 13.1. The second kappa shape index (κ2) is 11.2. The van der Waals surface area contributed by atoms with Gasteiger partial charge in [0.25, 0.3) is 11.8 Å². The van der Waals surface area contributed by atoms with E-state index < -0.39 is 29.2 Å². The summed E-state index contributed by atoms with van der Waals surface area (Å²) in [5.41, 5.74) is 8.51. The number of aromatic nitrogens is 1. The lowest BCUT2D eigenvalue weighted by Gasteiger charge is -2.49. The van der Waals surface area contributed by atoms with Crippen LogP contribution in [0.25, 0.3) is 0 Å². The number of nitrogens with one attached hydrogen (secondary N) is 2. The predicted octanol–water partition coefficient (Wildman–Crippen LogP) is 1.71. The molecule has 0 radical (unpaired) electrons. The Hall–Kier alpha value is -3.91. The number of carboxylic acid groups (broad SMARTS) is 1. The summed E-state index contributed by atoms with van der Waals surface area (Å²) < 4.78 is 0. The van der Waals surface area contributed by atoms with E-state index in [9.17, 15) is 24.3 Å². The van der Waals surface area contributed by atoms with E-state index in [-0.39, 0.29) is 28.1 Å². The van der Waals surface area contributed by atoms with Crippen LogP contribution in [-0.4, -0.2) is 68.7 Å². The zero-order chi connectivity index (χ0) is 27.6. The normalized spacial score (nSPS) is 19.0. The first kappa shape index (κ1) is 27.1. The fraction of sp³-hybridized carbons (Fsp3) is 0.333. The second-order valence-electron chi connectivity index (χ2n) is 8.48. The van der Waals surface area contributed by atoms with Crippen molar-refractivity contribution in [1.82, 2.24) is 15.2 Å². The number of carbonyl (C=O) groups is 4. The summed E-state index contributed by atoms with van der Waals surface area (Å²) in [6.07, 6.45) is 0.626. The van der Waals surface area contributed by atoms with Gasteiger partial charge in [-0.05, 0) is 36.1 Å². The highest BCUT2D eigenvalue weighted by molar-refractivity contribution is 8.00. The first-order valence-corrected chi connectivity index (χ1v) is 13.5. The first-order valence-electron chi connectivity index (χ1n) is 11.6. The highest BCUT2D eigenvalue weighted by Crippen LogP contribution is 2.41. The van der Waals surface area contributed by atoms with E-state index in [0.717, 1.165) is 22.5 Å². The number of oxime groups is 1. The molecular formula is C24H26N6O6S2. The number of β-lactam (4-membered cyclic amide) rings is 1. The fourth-order valence-electron chi connectivity index (χ4n) is 4.20. The minimum Gasteiger partial charge on any atom is -0.477 e. The van der Waals surface area contributed by atoms with Crippen LogP contribution in [0.1, 0.15) is 30.2 Å². The SMILES string of the molecule is CCC(=O)Nc1cccc(CC2=C(C(=O)O)N3C(=O)C(NC(=O)C(=NOC)c4csc(N)n4)C3SC2)c1C. The number of nitrogens with zero attached hydrogens (tertiary/aromatic N) is 3. The van der Waals surface area contributed by atoms with Crippen molar-refractivity contribution in [2.75, 3.05) is 23.9 Å². The standard InChI is InChI=1S/C24H26N6O6S2/c1-4-16(31)26-14-7-5-6-12(11(14)2)8-13-9-37-22-18(21(33)30(22)19(13)23(34)35)28-20(32)17(29-36-3)15-10-38-24(25)27-15/h5-7,10,18,22H,4,8-9H2,1-3H3,(H2,25,27)(H,26,31)(H,28,32)(H,34,35). The molecule has 1 aromatic heterocycles. The van der Waals surface area contributed by atoms with Crippen molar-refractivity contribution < 1.29 is 29.1 Å². The Morgan fingerprint density at radius 3 is 2.74 bits per heavy atom. The van der Waals surface area contributed by atoms with Crippen LogP contribution < -0.4 is 16.4 Å². The van der Waals surface area contributed by atoms with E-state index in [1.807, 2.05) is 13.0 Å². The first-order chi connectivity index (χ1) is 18.2. The summed E-state index contributed by atoms with van der Waals surface area (Å²) in [5.74, 6) is -2.24. The highest BCUT2D eigenvalue weighted by Gasteiger charge is 2.54. The summed E-state index contributed by atoms with van der Waals surface area (Å²) in [7, 11) is 1.27. The molecule has 38 heavy (non-hydrogen) atoms. The number of amides is 3. The van der Waals surface area contributed by atoms with Crippen molar-refractivity contribution in [2.45, 2.75) is 38.1 Å². The molecule has 200 valence electrons. The maximum Gasteiger partial charge on any atom is 0.352 e. The number of fused-ring (bicyclic) bond motifs is 1. The molecule has 4 rings (SSSR count). The highest BCUT2D eigenvalue weighted by atomic mass is 32.2. The fourth-order valence-corrected chi connectivity index (χ4v) is 6.09. The van der Waals surface area contributed by atoms with Crippen LogP contribution in [-0.2, 0) is 30.4 Å². The average molecular weight is 559 g/mol. The number of thiazole rings is 1. The van der Waals surface area contributed by atoms with E-state index >= 15 is 0 Å². The Morgan fingerprint density at radius 1 is 1.34 bits per heavy atom. The van der Waals surface area contributed by atoms with E-state index in [0.29, 0.717) is 29.9 Å². The number of thioether (sulfide) groups is 1. The number of rotatable bonds is 9. The third-order valence-electron chi connectivity index (χ3n) is 6.14. The summed E-state index contributed by atoms with van der Waals surface area (Å²) in [6, 6.07) is 4.50. The van der Waals surface area contributed by atoms with Crippen molar-refractivity contribution in [3.05, 3.63) is 51.7 Å². The minimum absolute atomic E-state index is 0.0929. The van der Waals surface area contributed by atoms with Gasteiger partial charge in [-0.1, -0.05) is 24.2 Å². The molecule has 1 aromatic carbocycles. The molecule has 0 spiro atoms. The van der Waals surface area contributed by atoms with Crippen LogP contribution in [0.15, 0.2) is 40.0 Å². The van der Waals surface area contributed by atoms with Gasteiger partial charge >= 0.3 is 5.97 Å². The van der Waals surface area contributed by atoms with E-state index in [1.165, 1.54) is 23.8 Å². The molecule has 0 saturated carbocycles. The molecule has 2 atom stereocenters. The van der Waals surface area contributed by atoms with Crippen LogP contribution >= 0.6 is 23.1 Å². The molecular weight excluding hydrogens is 532 g/mol. The van der Waals surface area contributed by atoms with Crippen LogP contribution in [0.4, 0.5) is 10.8 Å². The number of anilines is 2. The van der Waals surface area contributed by atoms with E-state index in [4.69, 9.17) is 10.6 Å². The number of nitrogens with two attached hydrogens (primary N) is 1. The predicted molar refractivity (Wildman–Crippen MR) is 144 cm³/mol. The van der Waals surface area contributed by atoms with Crippen LogP contribution in [0.5, 0.6) is 0 Å². The van der Waals surface area contributed by atoms with E-state index in [2.05, 4.69) is 20.8 Å². The molecule has 2 unspecified atom stereocenters. The monoisotopic (exact) mass is 558 g/mol. The number of benzene rings is 1. The summed E-state index contributed by atoms with van der Waals surface area (Å²) in [4.78, 5) is 60.2. The van der Waals surface area contributed by atoms with Crippen molar-refractivity contribution in [3.63, 3.8) is 0 Å². The lowest BCUT2D eigenvalue weighted by molar-refractivity contribution is -0.150. The Labute approximate surface area is 226 Å². The van der Waals surface area contributed by atoms with Crippen molar-refractivity contribution >= 4 is 63.3 Å². The Balaban J connectivity index is 1.54. The number of nitrogen functional groups attached to an aromatic ring is 1. The Bertz CT molecular complexity index is 1370. The molecule has 1 saturated heterocycles. The second-order valence-corrected chi connectivity index (χ2v) is 10.5. The Morgan fingerprint density at radius 2 is 2.11 bits per heavy atom. The van der Waals surface area contributed by atoms with Gasteiger partial charge in [0.1, 0.15) is 29.9 Å². The van der Waals surface area contributed by atoms with Crippen LogP contribution in [0.3, 0.4) is 0 Å². The molecule has 1 fully saturated rings. The number of carbonyl (C=O) groups excluding carboxylic acids is 3. The molecule has 0 bridgehead atoms. The quantitative estimate of drug-likeness (QED) is 0.203. The smallest absolute Gasteiger partial charge is 0.352 e. The zero-order valence-electron chi connectivity index (χ0n) is 20.8. The summed E-state index contributed by atoms with van der Waals surface area (Å²) in [5, 5.41) is 20.4. The molecule has 12 nitrogen and oxygen atoms in total. The molecule has 5 N–H and O–H groups in total. The van der Waals surface area contributed by atoms with E-state index in [1.54, 1.807) is 24.4 Å². The van der Waals surface area contributed by atoms with Gasteiger partial charge in [-0.2, -0.15) is 0 Å².